The summed E-state index contributed by atoms with van der Waals surface area (Å²) in [6, 6.07) is 0. The molecule has 0 fully saturated rings. The number of rotatable bonds is 7. The van der Waals surface area contributed by atoms with Gasteiger partial charge in [-0.2, -0.15) is 0 Å². The van der Waals surface area contributed by atoms with Gasteiger partial charge in [0.15, 0.2) is 0 Å². The fourth-order valence-electron chi connectivity index (χ4n) is 1.01. The van der Waals surface area contributed by atoms with E-state index in [9.17, 15) is 19.8 Å². The number of carboxylic acids is 2. The van der Waals surface area contributed by atoms with Gasteiger partial charge in [0.05, 0.1) is 0 Å². The van der Waals surface area contributed by atoms with E-state index in [1.165, 1.54) is 0 Å². The van der Waals surface area contributed by atoms with Gasteiger partial charge in [0.25, 0.3) is 0 Å². The molecule has 6 heteroatoms. The Morgan fingerprint density at radius 3 is 2.12 bits per heavy atom. The van der Waals surface area contributed by atoms with Gasteiger partial charge in [-0.25, -0.2) is 0 Å². The molecule has 0 aromatic rings. The van der Waals surface area contributed by atoms with Crippen LogP contribution in [0.25, 0.3) is 0 Å². The van der Waals surface area contributed by atoms with Gasteiger partial charge >= 0.3 is 103 Å². The van der Waals surface area contributed by atoms with E-state index in [1.54, 1.807) is 6.08 Å². The fourth-order valence-corrected chi connectivity index (χ4v) is 1.01. The van der Waals surface area contributed by atoms with Crippen LogP contribution in [-0.2, 0) is 9.59 Å². The van der Waals surface area contributed by atoms with Crippen molar-refractivity contribution in [3.63, 3.8) is 0 Å². The summed E-state index contributed by atoms with van der Waals surface area (Å²) >= 11 is 0. The smallest absolute Gasteiger partial charge is 0.550 e. The second-order valence-corrected chi connectivity index (χ2v) is 3.09. The predicted octanol–water partition coefficient (Wildman–Crippen LogP) is -6.75. The van der Waals surface area contributed by atoms with Crippen LogP contribution in [0, 0.1) is 5.92 Å². The number of hydrogen-bond acceptors (Lipinski definition) is 4. The molecule has 0 bridgehead atoms. The number of unbranched alkanes of at least 4 members (excludes halogenated alkanes) is 1. The van der Waals surface area contributed by atoms with Crippen LogP contribution in [0.15, 0.2) is 12.2 Å². The molecule has 80 valence electrons. The summed E-state index contributed by atoms with van der Waals surface area (Å²) in [5, 5.41) is 20.6. The maximum Gasteiger partial charge on any atom is 1.00 e. The molecule has 0 rings (SSSR count). The Bertz CT molecular complexity index is 229. The standard InChI is InChI=1S/C10H16O4.2K/c1-2-3-4-5-6-8(10(13)14)7-9(11)12;;/h4-5,8H,2-3,6-7H2,1H3,(H,11,12)(H,13,14);;/q;2*+1/p-2. The van der Waals surface area contributed by atoms with E-state index in [4.69, 9.17) is 0 Å². The molecule has 4 nitrogen and oxygen atoms in total. The molecule has 0 amide bonds. The quantitative estimate of drug-likeness (QED) is 0.342. The summed E-state index contributed by atoms with van der Waals surface area (Å²) < 4.78 is 0. The number of allylic oxidation sites excluding steroid dienone is 2. The summed E-state index contributed by atoms with van der Waals surface area (Å²) in [6.07, 6.45) is 5.06. The third-order valence-electron chi connectivity index (χ3n) is 1.79. The molecular formula is C10H14K2O4. The van der Waals surface area contributed by atoms with Crippen LogP contribution in [0.2, 0.25) is 0 Å². The van der Waals surface area contributed by atoms with Crippen molar-refractivity contribution in [2.45, 2.75) is 32.6 Å². The van der Waals surface area contributed by atoms with Crippen LogP contribution in [0.1, 0.15) is 32.6 Å². The number of carbonyl (C=O) groups excluding carboxylic acids is 2. The number of aliphatic carboxylic acids is 2. The van der Waals surface area contributed by atoms with Gasteiger partial charge in [0.1, 0.15) is 0 Å². The summed E-state index contributed by atoms with van der Waals surface area (Å²) in [5.74, 6) is -3.67. The number of hydrogen-bond donors (Lipinski definition) is 0. The first-order chi connectivity index (χ1) is 6.57. The Kier molecular flexibility index (Phi) is 21.7. The summed E-state index contributed by atoms with van der Waals surface area (Å²) in [5.41, 5.74) is 0. The molecule has 1 atom stereocenters. The van der Waals surface area contributed by atoms with Crippen molar-refractivity contribution in [2.75, 3.05) is 0 Å². The zero-order chi connectivity index (χ0) is 11.0. The maximum absolute atomic E-state index is 10.5. The molecule has 0 radical (unpaired) electrons. The number of carboxylic acid groups (broad SMARTS) is 2. The third-order valence-corrected chi connectivity index (χ3v) is 1.79. The van der Waals surface area contributed by atoms with Crippen LogP contribution in [-0.4, -0.2) is 11.9 Å². The molecule has 0 aliphatic carbocycles. The second-order valence-electron chi connectivity index (χ2n) is 3.09. The van der Waals surface area contributed by atoms with Crippen LogP contribution >= 0.6 is 0 Å². The molecule has 16 heavy (non-hydrogen) atoms. The molecule has 0 saturated carbocycles. The van der Waals surface area contributed by atoms with E-state index in [-0.39, 0.29) is 109 Å². The van der Waals surface area contributed by atoms with Gasteiger partial charge in [0, 0.05) is 17.9 Å². The summed E-state index contributed by atoms with van der Waals surface area (Å²) in [4.78, 5) is 20.6. The Morgan fingerprint density at radius 2 is 1.75 bits per heavy atom. The van der Waals surface area contributed by atoms with Gasteiger partial charge in [-0.15, -0.1) is 0 Å². The van der Waals surface area contributed by atoms with Gasteiger partial charge in [0.2, 0.25) is 0 Å². The molecule has 0 aliphatic heterocycles. The minimum absolute atomic E-state index is 0. The van der Waals surface area contributed by atoms with Gasteiger partial charge in [-0.05, 0) is 19.3 Å². The first kappa shape index (κ1) is 23.1. The van der Waals surface area contributed by atoms with Crippen molar-refractivity contribution < 1.29 is 123 Å². The molecule has 0 aromatic heterocycles. The minimum atomic E-state index is -1.36. The zero-order valence-corrected chi connectivity index (χ0v) is 16.4. The Morgan fingerprint density at radius 1 is 1.19 bits per heavy atom. The van der Waals surface area contributed by atoms with Crippen molar-refractivity contribution in [1.82, 2.24) is 0 Å². The topological polar surface area (TPSA) is 80.3 Å². The van der Waals surface area contributed by atoms with Crippen molar-refractivity contribution in [2.24, 2.45) is 5.92 Å². The van der Waals surface area contributed by atoms with E-state index in [0.29, 0.717) is 0 Å². The van der Waals surface area contributed by atoms with Crippen LogP contribution < -0.4 is 113 Å². The van der Waals surface area contributed by atoms with Crippen LogP contribution in [0.4, 0.5) is 0 Å². The van der Waals surface area contributed by atoms with E-state index in [2.05, 4.69) is 0 Å². The fraction of sp³-hybridized carbons (Fsp3) is 0.600. The maximum atomic E-state index is 10.5. The Hall–Kier alpha value is 1.95. The van der Waals surface area contributed by atoms with E-state index >= 15 is 0 Å². The SMILES string of the molecule is CCCC=CCC(CC(=O)[O-])C(=O)[O-].[K+].[K+]. The molecule has 0 N–H and O–H groups in total. The first-order valence-corrected chi connectivity index (χ1v) is 4.63. The molecule has 0 spiro atoms. The molecule has 0 aliphatic rings. The van der Waals surface area contributed by atoms with Gasteiger partial charge in [-0.1, -0.05) is 25.5 Å². The summed E-state index contributed by atoms with van der Waals surface area (Å²) in [6.45, 7) is 2.00. The minimum Gasteiger partial charge on any atom is -0.550 e. The van der Waals surface area contributed by atoms with Crippen LogP contribution in [0.5, 0.6) is 0 Å². The van der Waals surface area contributed by atoms with Gasteiger partial charge in [-0.3, -0.25) is 0 Å². The van der Waals surface area contributed by atoms with Crippen molar-refractivity contribution in [3.8, 4) is 0 Å². The Balaban J connectivity index is -0.000000845. The second kappa shape index (κ2) is 15.0. The molecule has 0 aromatic carbocycles. The van der Waals surface area contributed by atoms with Crippen molar-refractivity contribution in [1.29, 1.82) is 0 Å². The normalized spacial score (nSPS) is 11.3. The van der Waals surface area contributed by atoms with E-state index in [1.807, 2.05) is 13.0 Å². The summed E-state index contributed by atoms with van der Waals surface area (Å²) in [7, 11) is 0. The van der Waals surface area contributed by atoms with E-state index in [0.717, 1.165) is 12.8 Å². The first-order valence-electron chi connectivity index (χ1n) is 4.63. The molecule has 1 unspecified atom stereocenters. The third kappa shape index (κ3) is 14.0. The Labute approximate surface area is 181 Å². The molecule has 0 saturated heterocycles. The van der Waals surface area contributed by atoms with E-state index < -0.39 is 24.3 Å². The monoisotopic (exact) mass is 276 g/mol. The van der Waals surface area contributed by atoms with Crippen LogP contribution in [0.3, 0.4) is 0 Å². The van der Waals surface area contributed by atoms with Crippen molar-refractivity contribution in [3.05, 3.63) is 12.2 Å². The predicted molar refractivity (Wildman–Crippen MR) is 46.8 cm³/mol. The van der Waals surface area contributed by atoms with Crippen molar-refractivity contribution >= 4 is 11.9 Å². The number of carbonyl (C=O) groups is 2. The zero-order valence-electron chi connectivity index (χ0n) is 10.2. The largest absolute Gasteiger partial charge is 1.00 e. The average Bonchev–Trinajstić information content (AvgIpc) is 2.09. The molecule has 0 heterocycles. The average molecular weight is 276 g/mol. The molecular weight excluding hydrogens is 262 g/mol. The van der Waals surface area contributed by atoms with Gasteiger partial charge < -0.3 is 19.8 Å².